The Kier molecular flexibility index (Phi) is 7.05. The summed E-state index contributed by atoms with van der Waals surface area (Å²) in [6.45, 7) is 4.24. The molecule has 2 aromatic rings. The third-order valence-electron chi connectivity index (χ3n) is 8.04. The van der Waals surface area contributed by atoms with Crippen molar-refractivity contribution in [2.24, 2.45) is 23.7 Å². The van der Waals surface area contributed by atoms with Crippen molar-refractivity contribution < 1.29 is 24.4 Å². The minimum Gasteiger partial charge on any atom is -0.508 e. The summed E-state index contributed by atoms with van der Waals surface area (Å²) in [6, 6.07) is 12.8. The van der Waals surface area contributed by atoms with Crippen molar-refractivity contribution in [1.82, 2.24) is 9.88 Å². The van der Waals surface area contributed by atoms with E-state index < -0.39 is 13.0 Å². The summed E-state index contributed by atoms with van der Waals surface area (Å²) in [4.78, 5) is 31.8. The molecule has 37 heavy (non-hydrogen) atoms. The summed E-state index contributed by atoms with van der Waals surface area (Å²) < 4.78 is 6.13. The Morgan fingerprint density at radius 2 is 2.00 bits per heavy atom. The van der Waals surface area contributed by atoms with Crippen LogP contribution in [0.1, 0.15) is 44.4 Å². The molecular formula is C29H33BN2O5. The number of carbonyl (C=O) groups is 2. The van der Waals surface area contributed by atoms with Crippen molar-refractivity contribution in [3.8, 4) is 5.75 Å². The second-order valence-electron chi connectivity index (χ2n) is 10.6. The molecule has 2 amide bonds. The molecule has 1 aromatic carbocycles. The highest BCUT2D eigenvalue weighted by Gasteiger charge is 2.56. The summed E-state index contributed by atoms with van der Waals surface area (Å²) in [5.74, 6) is -0.868. The van der Waals surface area contributed by atoms with Crippen molar-refractivity contribution >= 4 is 30.6 Å². The number of aromatic hydroxyl groups is 1. The van der Waals surface area contributed by atoms with Crippen LogP contribution in [0.15, 0.2) is 59.8 Å². The molecule has 2 N–H and O–H groups in total. The number of amides is 2. The molecule has 0 saturated carbocycles. The number of phenolic OH excluding ortho intramolecular Hbond substituents is 1. The quantitative estimate of drug-likeness (QED) is 0.351. The van der Waals surface area contributed by atoms with Crippen LogP contribution in [0.3, 0.4) is 0 Å². The minimum absolute atomic E-state index is 0.115. The second kappa shape index (κ2) is 10.3. The van der Waals surface area contributed by atoms with E-state index in [-0.39, 0.29) is 41.4 Å². The van der Waals surface area contributed by atoms with E-state index in [1.54, 1.807) is 31.4 Å². The predicted molar refractivity (Wildman–Crippen MR) is 142 cm³/mol. The lowest BCUT2D eigenvalue weighted by atomic mass is 9.57. The van der Waals surface area contributed by atoms with Gasteiger partial charge in [0, 0.05) is 13.2 Å². The summed E-state index contributed by atoms with van der Waals surface area (Å²) in [5, 5.41) is 20.7. The van der Waals surface area contributed by atoms with Gasteiger partial charge >= 0.3 is 7.12 Å². The first-order valence-corrected chi connectivity index (χ1v) is 13.0. The Morgan fingerprint density at radius 3 is 2.70 bits per heavy atom. The molecule has 2 saturated heterocycles. The van der Waals surface area contributed by atoms with Gasteiger partial charge in [-0.2, -0.15) is 0 Å². The predicted octanol–water partition coefficient (Wildman–Crippen LogP) is 4.19. The Bertz CT molecular complexity index is 1260. The van der Waals surface area contributed by atoms with Crippen LogP contribution >= 0.6 is 0 Å². The smallest absolute Gasteiger partial charge is 0.455 e. The second-order valence-corrected chi connectivity index (χ2v) is 10.6. The molecule has 2 aliphatic heterocycles. The molecule has 7 nitrogen and oxygen atoms in total. The van der Waals surface area contributed by atoms with E-state index in [9.17, 15) is 19.7 Å². The Morgan fingerprint density at radius 1 is 1.19 bits per heavy atom. The molecule has 3 heterocycles. The topological polar surface area (TPSA) is 100.0 Å². The molecule has 5 rings (SSSR count). The fraction of sp³-hybridized carbons (Fsp3) is 0.414. The molecule has 8 heteroatoms. The summed E-state index contributed by atoms with van der Waals surface area (Å²) in [7, 11) is 0.573. The molecule has 2 fully saturated rings. The molecule has 4 atom stereocenters. The van der Waals surface area contributed by atoms with Gasteiger partial charge in [0.15, 0.2) is 0 Å². The fourth-order valence-electron chi connectivity index (χ4n) is 6.34. The Labute approximate surface area is 218 Å². The lowest BCUT2D eigenvalue weighted by Crippen LogP contribution is -2.46. The van der Waals surface area contributed by atoms with Gasteiger partial charge in [-0.15, -0.1) is 0 Å². The zero-order valence-electron chi connectivity index (χ0n) is 21.5. The zero-order chi connectivity index (χ0) is 26.3. The number of allylic oxidation sites excluding steroid dienone is 2. The number of phenols is 1. The summed E-state index contributed by atoms with van der Waals surface area (Å²) >= 11 is 0. The number of benzene rings is 1. The number of pyridine rings is 1. The van der Waals surface area contributed by atoms with Crippen molar-refractivity contribution in [3.63, 3.8) is 0 Å². The zero-order valence-corrected chi connectivity index (χ0v) is 21.5. The summed E-state index contributed by atoms with van der Waals surface area (Å²) in [6.07, 6.45) is 5.50. The number of nitrogens with zero attached hydrogens (tertiary/aromatic N) is 2. The van der Waals surface area contributed by atoms with Crippen molar-refractivity contribution in [2.45, 2.75) is 45.5 Å². The molecule has 1 aromatic heterocycles. The lowest BCUT2D eigenvalue weighted by molar-refractivity contribution is -0.138. The fourth-order valence-corrected chi connectivity index (χ4v) is 6.34. The van der Waals surface area contributed by atoms with Gasteiger partial charge in [-0.05, 0) is 84.5 Å². The van der Waals surface area contributed by atoms with Crippen LogP contribution < -0.4 is 0 Å². The standard InChI is InChI=1S/C29H33BN2O5/c1-17(2)21-15-22-27(29(35)32(3)28(22)34)23-16-30(36)37-25(26(21)23)11-10-19(24-9-4-5-12-31-24)13-18-7-6-8-20(33)14-18/h4-9,12-14,17,22-23,25,27,33,36H,10-11,15-16H2,1-3H3/b19-13-/t22-,23+,25-,27-/m1/s1. The van der Waals surface area contributed by atoms with Crippen LogP contribution in [-0.2, 0) is 14.2 Å². The van der Waals surface area contributed by atoms with Gasteiger partial charge in [-0.25, -0.2) is 0 Å². The molecule has 0 spiro atoms. The van der Waals surface area contributed by atoms with Crippen LogP contribution in [0.5, 0.6) is 5.75 Å². The van der Waals surface area contributed by atoms with Gasteiger partial charge < -0.3 is 14.8 Å². The molecule has 0 bridgehead atoms. The number of aromatic nitrogens is 1. The monoisotopic (exact) mass is 500 g/mol. The normalized spacial score (nSPS) is 26.1. The molecule has 0 unspecified atom stereocenters. The van der Waals surface area contributed by atoms with Crippen molar-refractivity contribution in [2.75, 3.05) is 7.05 Å². The van der Waals surface area contributed by atoms with Gasteiger partial charge in [0.05, 0.1) is 23.6 Å². The number of carbonyl (C=O) groups excluding carboxylic acids is 2. The maximum atomic E-state index is 13.1. The number of hydrogen-bond acceptors (Lipinski definition) is 6. The maximum absolute atomic E-state index is 13.1. The average Bonchev–Trinajstić information content (AvgIpc) is 3.10. The van der Waals surface area contributed by atoms with E-state index in [0.717, 1.165) is 22.4 Å². The Balaban J connectivity index is 1.49. The maximum Gasteiger partial charge on any atom is 0.455 e. The highest BCUT2D eigenvalue weighted by Crippen LogP contribution is 2.51. The molecular weight excluding hydrogens is 467 g/mol. The number of imide groups is 1. The van der Waals surface area contributed by atoms with Gasteiger partial charge in [0.2, 0.25) is 11.8 Å². The van der Waals surface area contributed by atoms with Crippen LogP contribution in [0.2, 0.25) is 6.32 Å². The number of likely N-dealkylation sites (tertiary alicyclic amines) is 1. The average molecular weight is 500 g/mol. The van der Waals surface area contributed by atoms with E-state index in [4.69, 9.17) is 4.65 Å². The first kappa shape index (κ1) is 25.4. The van der Waals surface area contributed by atoms with Crippen molar-refractivity contribution in [3.05, 3.63) is 71.1 Å². The Hall–Kier alpha value is -3.23. The third kappa shape index (κ3) is 4.88. The molecule has 192 valence electrons. The first-order valence-electron chi connectivity index (χ1n) is 13.0. The minimum atomic E-state index is -0.993. The first-order chi connectivity index (χ1) is 17.7. The third-order valence-corrected chi connectivity index (χ3v) is 8.04. The summed E-state index contributed by atoms with van der Waals surface area (Å²) in [5.41, 5.74) is 4.95. The van der Waals surface area contributed by atoms with E-state index in [2.05, 4.69) is 18.8 Å². The number of fused-ring (bicyclic) bond motifs is 3. The van der Waals surface area contributed by atoms with Crippen LogP contribution in [0.4, 0.5) is 0 Å². The number of rotatable bonds is 6. The van der Waals surface area contributed by atoms with Crippen molar-refractivity contribution in [1.29, 1.82) is 0 Å². The van der Waals surface area contributed by atoms with Gasteiger partial charge in [-0.3, -0.25) is 19.5 Å². The van der Waals surface area contributed by atoms with Crippen LogP contribution in [0, 0.1) is 23.7 Å². The van der Waals surface area contributed by atoms with E-state index in [1.165, 1.54) is 10.5 Å². The van der Waals surface area contributed by atoms with E-state index in [0.29, 0.717) is 25.6 Å². The van der Waals surface area contributed by atoms with Gasteiger partial charge in [0.25, 0.3) is 0 Å². The largest absolute Gasteiger partial charge is 0.508 e. The molecule has 0 radical (unpaired) electrons. The van der Waals surface area contributed by atoms with E-state index in [1.807, 2.05) is 30.3 Å². The highest BCUT2D eigenvalue weighted by molar-refractivity contribution is 6.43. The molecule has 1 aliphatic carbocycles. The van der Waals surface area contributed by atoms with Gasteiger partial charge in [0.1, 0.15) is 5.75 Å². The molecule has 3 aliphatic rings. The SMILES string of the molecule is CC(C)C1=C2[C@@H](CC/C(=C/c3cccc(O)c3)c3ccccn3)OB(O)C[C@@H]2[C@@H]2C(=O)N(C)C(=O)[C@@H]2C1. The number of hydrogen-bond donors (Lipinski definition) is 2. The lowest BCUT2D eigenvalue weighted by Gasteiger charge is -2.44. The van der Waals surface area contributed by atoms with Gasteiger partial charge in [-0.1, -0.05) is 37.6 Å². The highest BCUT2D eigenvalue weighted by atomic mass is 16.5. The van der Waals surface area contributed by atoms with E-state index >= 15 is 0 Å². The van der Waals surface area contributed by atoms with Crippen LogP contribution in [-0.4, -0.2) is 52.1 Å². The van der Waals surface area contributed by atoms with Crippen LogP contribution in [0.25, 0.3) is 11.6 Å².